The first-order valence-electron chi connectivity index (χ1n) is 5.29. The van der Waals surface area contributed by atoms with Crippen molar-refractivity contribution in [1.82, 2.24) is 4.90 Å². The van der Waals surface area contributed by atoms with Crippen LogP contribution in [0.2, 0.25) is 0 Å². The molecule has 1 rings (SSSR count). The molecule has 0 saturated heterocycles. The number of carbonyl (C=O) groups is 2. The second kappa shape index (κ2) is 3.83. The first-order chi connectivity index (χ1) is 6.78. The zero-order valence-corrected chi connectivity index (χ0v) is 9.78. The fourth-order valence-corrected chi connectivity index (χ4v) is 1.52. The largest absolute Gasteiger partial charge is 0.480 e. The van der Waals surface area contributed by atoms with E-state index in [0.717, 1.165) is 12.8 Å². The molecule has 1 N–H and O–H groups in total. The summed E-state index contributed by atoms with van der Waals surface area (Å²) in [4.78, 5) is 24.3. The predicted octanol–water partition coefficient (Wildman–Crippen LogP) is 1.35. The zero-order chi connectivity index (χ0) is 11.8. The van der Waals surface area contributed by atoms with Gasteiger partial charge in [0.25, 0.3) is 0 Å². The summed E-state index contributed by atoms with van der Waals surface area (Å²) in [5.41, 5.74) is -1.12. The standard InChI is InChI=1S/C11H19NO3/c1-7(8-5-6-8)9(13)12(4)11(2,3)10(14)15/h7-8H,5-6H2,1-4H3,(H,14,15). The lowest BCUT2D eigenvalue weighted by atomic mass is 9.99. The van der Waals surface area contributed by atoms with E-state index in [4.69, 9.17) is 5.11 Å². The van der Waals surface area contributed by atoms with E-state index in [0.29, 0.717) is 5.92 Å². The highest BCUT2D eigenvalue weighted by Crippen LogP contribution is 2.37. The van der Waals surface area contributed by atoms with E-state index in [9.17, 15) is 9.59 Å². The van der Waals surface area contributed by atoms with Gasteiger partial charge in [0.15, 0.2) is 0 Å². The third-order valence-electron chi connectivity index (χ3n) is 3.41. The van der Waals surface area contributed by atoms with E-state index in [1.54, 1.807) is 20.9 Å². The Morgan fingerprint density at radius 3 is 2.20 bits per heavy atom. The van der Waals surface area contributed by atoms with Gasteiger partial charge in [0.2, 0.25) is 5.91 Å². The van der Waals surface area contributed by atoms with Crippen molar-refractivity contribution in [3.63, 3.8) is 0 Å². The van der Waals surface area contributed by atoms with E-state index in [1.165, 1.54) is 4.90 Å². The molecular formula is C11H19NO3. The highest BCUT2D eigenvalue weighted by atomic mass is 16.4. The van der Waals surface area contributed by atoms with Gasteiger partial charge in [0.05, 0.1) is 0 Å². The Kier molecular flexibility index (Phi) is 3.07. The van der Waals surface area contributed by atoms with Crippen LogP contribution >= 0.6 is 0 Å². The Morgan fingerprint density at radius 2 is 1.87 bits per heavy atom. The molecule has 0 aromatic rings. The van der Waals surface area contributed by atoms with E-state index in [-0.39, 0.29) is 11.8 Å². The van der Waals surface area contributed by atoms with E-state index < -0.39 is 11.5 Å². The van der Waals surface area contributed by atoms with Crippen LogP contribution in [0.25, 0.3) is 0 Å². The summed E-state index contributed by atoms with van der Waals surface area (Å²) in [5, 5.41) is 9.00. The number of hydrogen-bond acceptors (Lipinski definition) is 2. The summed E-state index contributed by atoms with van der Waals surface area (Å²) in [6, 6.07) is 0. The summed E-state index contributed by atoms with van der Waals surface area (Å²) in [6.45, 7) is 4.98. The topological polar surface area (TPSA) is 57.6 Å². The molecule has 0 heterocycles. The van der Waals surface area contributed by atoms with Crippen LogP contribution in [0.3, 0.4) is 0 Å². The number of aliphatic carboxylic acids is 1. The fraction of sp³-hybridized carbons (Fsp3) is 0.818. The highest BCUT2D eigenvalue weighted by Gasteiger charge is 2.40. The number of likely N-dealkylation sites (N-methyl/N-ethyl adjacent to an activating group) is 1. The van der Waals surface area contributed by atoms with Crippen molar-refractivity contribution in [1.29, 1.82) is 0 Å². The molecule has 1 saturated carbocycles. The number of rotatable bonds is 4. The third kappa shape index (κ3) is 2.30. The minimum atomic E-state index is -1.12. The van der Waals surface area contributed by atoms with Crippen LogP contribution in [0.1, 0.15) is 33.6 Å². The van der Waals surface area contributed by atoms with Crippen molar-refractivity contribution in [3.8, 4) is 0 Å². The summed E-state index contributed by atoms with van der Waals surface area (Å²) >= 11 is 0. The van der Waals surface area contributed by atoms with Gasteiger partial charge in [0.1, 0.15) is 5.54 Å². The molecule has 15 heavy (non-hydrogen) atoms. The number of carbonyl (C=O) groups excluding carboxylic acids is 1. The van der Waals surface area contributed by atoms with Crippen LogP contribution < -0.4 is 0 Å². The Morgan fingerprint density at radius 1 is 1.40 bits per heavy atom. The van der Waals surface area contributed by atoms with Gasteiger partial charge in [-0.3, -0.25) is 4.79 Å². The predicted molar refractivity (Wildman–Crippen MR) is 56.4 cm³/mol. The quantitative estimate of drug-likeness (QED) is 0.767. The maximum Gasteiger partial charge on any atom is 0.329 e. The lowest BCUT2D eigenvalue weighted by molar-refractivity contribution is -0.157. The van der Waals surface area contributed by atoms with Crippen molar-refractivity contribution >= 4 is 11.9 Å². The minimum Gasteiger partial charge on any atom is -0.480 e. The molecule has 1 unspecified atom stereocenters. The molecular weight excluding hydrogens is 194 g/mol. The highest BCUT2D eigenvalue weighted by molar-refractivity contribution is 5.87. The molecule has 0 aliphatic heterocycles. The lowest BCUT2D eigenvalue weighted by Gasteiger charge is -2.33. The molecule has 1 aliphatic rings. The van der Waals surface area contributed by atoms with Crippen molar-refractivity contribution in [2.24, 2.45) is 11.8 Å². The molecule has 86 valence electrons. The molecule has 1 atom stereocenters. The van der Waals surface area contributed by atoms with Gasteiger partial charge in [-0.25, -0.2) is 4.79 Å². The summed E-state index contributed by atoms with van der Waals surface area (Å²) < 4.78 is 0. The van der Waals surface area contributed by atoms with E-state index in [2.05, 4.69) is 0 Å². The third-order valence-corrected chi connectivity index (χ3v) is 3.41. The van der Waals surface area contributed by atoms with E-state index >= 15 is 0 Å². The molecule has 0 radical (unpaired) electrons. The van der Waals surface area contributed by atoms with Gasteiger partial charge in [-0.2, -0.15) is 0 Å². The molecule has 1 aliphatic carbocycles. The minimum absolute atomic E-state index is 0.0476. The average molecular weight is 213 g/mol. The Balaban J connectivity index is 2.70. The second-order valence-corrected chi connectivity index (χ2v) is 4.89. The van der Waals surface area contributed by atoms with Crippen LogP contribution in [0.15, 0.2) is 0 Å². The average Bonchev–Trinajstić information content (AvgIpc) is 2.97. The van der Waals surface area contributed by atoms with Crippen LogP contribution in [0.5, 0.6) is 0 Å². The first kappa shape index (κ1) is 12.0. The van der Waals surface area contributed by atoms with Crippen molar-refractivity contribution < 1.29 is 14.7 Å². The maximum absolute atomic E-state index is 11.9. The molecule has 0 aromatic carbocycles. The Bertz CT molecular complexity index is 282. The number of hydrogen-bond donors (Lipinski definition) is 1. The summed E-state index contributed by atoms with van der Waals surface area (Å²) in [5.74, 6) is -0.621. The van der Waals surface area contributed by atoms with Crippen LogP contribution in [0, 0.1) is 11.8 Å². The summed E-state index contributed by atoms with van der Waals surface area (Å²) in [6.07, 6.45) is 2.18. The fourth-order valence-electron chi connectivity index (χ4n) is 1.52. The van der Waals surface area contributed by atoms with Gasteiger partial charge in [-0.05, 0) is 32.6 Å². The Hall–Kier alpha value is -1.06. The normalized spacial score (nSPS) is 18.4. The molecule has 0 spiro atoms. The molecule has 4 nitrogen and oxygen atoms in total. The van der Waals surface area contributed by atoms with Crippen molar-refractivity contribution in [2.75, 3.05) is 7.05 Å². The number of nitrogens with zero attached hydrogens (tertiary/aromatic N) is 1. The molecule has 0 bridgehead atoms. The number of carboxylic acid groups (broad SMARTS) is 1. The van der Waals surface area contributed by atoms with E-state index in [1.807, 2.05) is 6.92 Å². The van der Waals surface area contributed by atoms with Crippen LogP contribution in [-0.2, 0) is 9.59 Å². The molecule has 1 fully saturated rings. The van der Waals surface area contributed by atoms with Gasteiger partial charge in [0, 0.05) is 13.0 Å². The first-order valence-corrected chi connectivity index (χ1v) is 5.29. The van der Waals surface area contributed by atoms with Gasteiger partial charge >= 0.3 is 5.97 Å². The maximum atomic E-state index is 11.9. The monoisotopic (exact) mass is 213 g/mol. The molecule has 0 aromatic heterocycles. The van der Waals surface area contributed by atoms with Crippen molar-refractivity contribution in [2.45, 2.75) is 39.2 Å². The van der Waals surface area contributed by atoms with Crippen LogP contribution in [-0.4, -0.2) is 34.5 Å². The smallest absolute Gasteiger partial charge is 0.329 e. The lowest BCUT2D eigenvalue weighted by Crippen LogP contribution is -2.52. The second-order valence-electron chi connectivity index (χ2n) is 4.89. The SMILES string of the molecule is CC(C(=O)N(C)C(C)(C)C(=O)O)C1CC1. The van der Waals surface area contributed by atoms with Crippen molar-refractivity contribution in [3.05, 3.63) is 0 Å². The number of amides is 1. The zero-order valence-electron chi connectivity index (χ0n) is 9.78. The van der Waals surface area contributed by atoms with Gasteiger partial charge in [-0.15, -0.1) is 0 Å². The van der Waals surface area contributed by atoms with Gasteiger partial charge in [-0.1, -0.05) is 6.92 Å². The summed E-state index contributed by atoms with van der Waals surface area (Å²) in [7, 11) is 1.56. The van der Waals surface area contributed by atoms with Crippen LogP contribution in [0.4, 0.5) is 0 Å². The Labute approximate surface area is 90.3 Å². The molecule has 1 amide bonds. The van der Waals surface area contributed by atoms with Gasteiger partial charge < -0.3 is 10.0 Å². The molecule has 4 heteroatoms. The number of carboxylic acids is 1.